The smallest absolute Gasteiger partial charge is 0.267 e. The average molecular weight is 370 g/mol. The average Bonchev–Trinajstić information content (AvgIpc) is 3.23. The number of hydrogen-bond acceptors (Lipinski definition) is 5. The second kappa shape index (κ2) is 7.29. The molecule has 2 heterocycles. The maximum Gasteiger partial charge on any atom is 0.267 e. The highest BCUT2D eigenvalue weighted by Gasteiger charge is 2.20. The maximum atomic E-state index is 12.4. The molecular weight excluding hydrogens is 348 g/mol. The number of carbonyl (C=O) groups excluding carboxylic acids is 1. The molecular formula is C19H22N4O2S. The molecule has 136 valence electrons. The van der Waals surface area contributed by atoms with Crippen LogP contribution in [-0.2, 0) is 19.1 Å². The zero-order chi connectivity index (χ0) is 18.7. The number of anilines is 1. The fraction of sp³-hybridized carbons (Fsp3) is 0.316. The molecule has 0 fully saturated rings. The Kier molecular flexibility index (Phi) is 5.08. The third kappa shape index (κ3) is 4.29. The summed E-state index contributed by atoms with van der Waals surface area (Å²) in [5, 5.41) is 3.83. The van der Waals surface area contributed by atoms with Crippen molar-refractivity contribution in [3.05, 3.63) is 58.6 Å². The van der Waals surface area contributed by atoms with Crippen LogP contribution in [0.25, 0.3) is 0 Å². The van der Waals surface area contributed by atoms with Crippen LogP contribution in [0, 0.1) is 0 Å². The first-order chi connectivity index (χ1) is 12.3. The van der Waals surface area contributed by atoms with E-state index in [-0.39, 0.29) is 11.3 Å². The summed E-state index contributed by atoms with van der Waals surface area (Å²) in [5.74, 6) is 1.42. The van der Waals surface area contributed by atoms with E-state index in [0.717, 1.165) is 16.6 Å². The summed E-state index contributed by atoms with van der Waals surface area (Å²) in [5.41, 5.74) is 0.653. The van der Waals surface area contributed by atoms with Gasteiger partial charge in [0.15, 0.2) is 0 Å². The second-order valence-electron chi connectivity index (χ2n) is 7.00. The molecule has 1 amide bonds. The Labute approximate surface area is 156 Å². The van der Waals surface area contributed by atoms with Gasteiger partial charge in [-0.05, 0) is 24.3 Å². The minimum atomic E-state index is -0.153. The van der Waals surface area contributed by atoms with E-state index in [1.165, 1.54) is 11.3 Å². The van der Waals surface area contributed by atoms with Crippen LogP contribution in [0.15, 0.2) is 42.9 Å². The summed E-state index contributed by atoms with van der Waals surface area (Å²) >= 11 is 1.42. The molecule has 0 spiro atoms. The number of amides is 1. The van der Waals surface area contributed by atoms with Crippen molar-refractivity contribution in [3.63, 3.8) is 0 Å². The summed E-state index contributed by atoms with van der Waals surface area (Å²) in [6.45, 7) is 6.64. The first-order valence-corrected chi connectivity index (χ1v) is 9.11. The van der Waals surface area contributed by atoms with Crippen LogP contribution in [0.2, 0.25) is 0 Å². The lowest BCUT2D eigenvalue weighted by Gasteiger charge is -2.13. The Morgan fingerprint density at radius 1 is 1.23 bits per heavy atom. The number of aryl methyl sites for hydroxylation is 1. The van der Waals surface area contributed by atoms with E-state index >= 15 is 0 Å². The lowest BCUT2D eigenvalue weighted by atomic mass is 9.98. The molecule has 0 saturated heterocycles. The van der Waals surface area contributed by atoms with Gasteiger partial charge in [0.25, 0.3) is 5.91 Å². The number of rotatable bonds is 5. The van der Waals surface area contributed by atoms with E-state index < -0.39 is 0 Å². The van der Waals surface area contributed by atoms with Gasteiger partial charge in [0, 0.05) is 30.5 Å². The van der Waals surface area contributed by atoms with Crippen molar-refractivity contribution < 1.29 is 9.53 Å². The summed E-state index contributed by atoms with van der Waals surface area (Å²) in [6.07, 6.45) is 5.24. The van der Waals surface area contributed by atoms with Crippen LogP contribution < -0.4 is 10.1 Å². The van der Waals surface area contributed by atoms with Gasteiger partial charge in [0.1, 0.15) is 23.1 Å². The summed E-state index contributed by atoms with van der Waals surface area (Å²) in [4.78, 5) is 21.5. The van der Waals surface area contributed by atoms with Gasteiger partial charge in [-0.25, -0.2) is 9.97 Å². The Morgan fingerprint density at radius 3 is 2.54 bits per heavy atom. The molecule has 26 heavy (non-hydrogen) atoms. The van der Waals surface area contributed by atoms with Gasteiger partial charge in [-0.15, -0.1) is 11.3 Å². The molecule has 0 unspecified atom stereocenters. The number of carbonyl (C=O) groups is 1. The van der Waals surface area contributed by atoms with Crippen LogP contribution in [0.5, 0.6) is 5.75 Å². The van der Waals surface area contributed by atoms with E-state index in [4.69, 9.17) is 4.74 Å². The number of benzene rings is 1. The highest BCUT2D eigenvalue weighted by atomic mass is 32.1. The third-order valence-corrected chi connectivity index (χ3v) is 5.19. The van der Waals surface area contributed by atoms with E-state index in [1.54, 1.807) is 12.4 Å². The predicted molar refractivity (Wildman–Crippen MR) is 103 cm³/mol. The van der Waals surface area contributed by atoms with Crippen molar-refractivity contribution in [2.75, 3.05) is 5.32 Å². The number of nitrogens with one attached hydrogen (secondary N) is 1. The molecule has 0 bridgehead atoms. The lowest BCUT2D eigenvalue weighted by Crippen LogP contribution is -2.11. The number of ether oxygens (including phenoxy) is 1. The van der Waals surface area contributed by atoms with Gasteiger partial charge in [-0.1, -0.05) is 20.8 Å². The minimum Gasteiger partial charge on any atom is -0.486 e. The molecule has 3 aromatic rings. The minimum absolute atomic E-state index is 0.0601. The van der Waals surface area contributed by atoms with Crippen molar-refractivity contribution in [1.29, 1.82) is 0 Å². The molecule has 6 nitrogen and oxygen atoms in total. The van der Waals surface area contributed by atoms with Gasteiger partial charge in [0.05, 0.1) is 11.2 Å². The number of nitrogens with zero attached hydrogens (tertiary/aromatic N) is 3. The molecule has 0 atom stereocenters. The van der Waals surface area contributed by atoms with E-state index in [9.17, 15) is 4.79 Å². The predicted octanol–water partition coefficient (Wildman–Crippen LogP) is 4.01. The SMILES string of the molecule is Cn1ccnc1COc1ccc(NC(=O)c2cnc(C(C)(C)C)s2)cc1. The largest absolute Gasteiger partial charge is 0.486 e. The lowest BCUT2D eigenvalue weighted by molar-refractivity contribution is 0.103. The van der Waals surface area contributed by atoms with Crippen molar-refractivity contribution >= 4 is 22.9 Å². The van der Waals surface area contributed by atoms with Crippen molar-refractivity contribution in [3.8, 4) is 5.75 Å². The van der Waals surface area contributed by atoms with E-state index in [0.29, 0.717) is 17.2 Å². The molecule has 3 rings (SSSR count). The first-order valence-electron chi connectivity index (χ1n) is 8.29. The third-order valence-electron chi connectivity index (χ3n) is 3.77. The van der Waals surface area contributed by atoms with Crippen molar-refractivity contribution in [2.45, 2.75) is 32.8 Å². The summed E-state index contributed by atoms with van der Waals surface area (Å²) in [6, 6.07) is 7.28. The quantitative estimate of drug-likeness (QED) is 0.737. The van der Waals surface area contributed by atoms with Crippen molar-refractivity contribution in [1.82, 2.24) is 14.5 Å². The Bertz CT molecular complexity index is 891. The van der Waals surface area contributed by atoms with Gasteiger partial charge < -0.3 is 14.6 Å². The Hall–Kier alpha value is -2.67. The molecule has 0 aliphatic carbocycles. The number of hydrogen-bond donors (Lipinski definition) is 1. The zero-order valence-corrected chi connectivity index (χ0v) is 16.1. The molecule has 1 N–H and O–H groups in total. The molecule has 0 aliphatic heterocycles. The normalized spacial score (nSPS) is 11.4. The highest BCUT2D eigenvalue weighted by Crippen LogP contribution is 2.27. The summed E-state index contributed by atoms with van der Waals surface area (Å²) < 4.78 is 7.62. The van der Waals surface area contributed by atoms with E-state index in [1.807, 2.05) is 42.1 Å². The molecule has 0 saturated carbocycles. The zero-order valence-electron chi connectivity index (χ0n) is 15.3. The number of thiazole rings is 1. The molecule has 7 heteroatoms. The monoisotopic (exact) mass is 370 g/mol. The van der Waals surface area contributed by atoms with Crippen LogP contribution >= 0.6 is 11.3 Å². The van der Waals surface area contributed by atoms with Crippen LogP contribution in [-0.4, -0.2) is 20.4 Å². The maximum absolute atomic E-state index is 12.4. The molecule has 0 radical (unpaired) electrons. The Balaban J connectivity index is 1.59. The molecule has 0 aliphatic rings. The van der Waals surface area contributed by atoms with Crippen LogP contribution in [0.4, 0.5) is 5.69 Å². The van der Waals surface area contributed by atoms with Gasteiger partial charge in [0.2, 0.25) is 0 Å². The van der Waals surface area contributed by atoms with Crippen molar-refractivity contribution in [2.24, 2.45) is 7.05 Å². The second-order valence-corrected chi connectivity index (χ2v) is 8.03. The highest BCUT2D eigenvalue weighted by molar-refractivity contribution is 7.13. The number of imidazole rings is 1. The topological polar surface area (TPSA) is 69.0 Å². The van der Waals surface area contributed by atoms with Gasteiger partial charge in [-0.2, -0.15) is 0 Å². The van der Waals surface area contributed by atoms with Crippen LogP contribution in [0.3, 0.4) is 0 Å². The van der Waals surface area contributed by atoms with E-state index in [2.05, 4.69) is 36.1 Å². The standard InChI is InChI=1S/C19H22N4O2S/c1-19(2,3)18-21-11-15(26-18)17(24)22-13-5-7-14(8-6-13)25-12-16-20-9-10-23(16)4/h5-11H,12H2,1-4H3,(H,22,24). The molecule has 1 aromatic carbocycles. The Morgan fingerprint density at radius 2 is 1.96 bits per heavy atom. The van der Waals surface area contributed by atoms with Gasteiger partial charge in [-0.3, -0.25) is 4.79 Å². The summed E-state index contributed by atoms with van der Waals surface area (Å²) in [7, 11) is 1.93. The fourth-order valence-corrected chi connectivity index (χ4v) is 3.11. The number of aromatic nitrogens is 3. The van der Waals surface area contributed by atoms with Crippen LogP contribution in [0.1, 0.15) is 41.3 Å². The molecule has 2 aromatic heterocycles. The fourth-order valence-electron chi connectivity index (χ4n) is 2.24. The first kappa shape index (κ1) is 18.1. The van der Waals surface area contributed by atoms with Gasteiger partial charge >= 0.3 is 0 Å².